The number of nitrogens with one attached hydrogen (secondary N) is 2. The summed E-state index contributed by atoms with van der Waals surface area (Å²) in [5, 5.41) is 25.2. The van der Waals surface area contributed by atoms with Crippen LogP contribution in [0.5, 0.6) is 11.5 Å². The summed E-state index contributed by atoms with van der Waals surface area (Å²) in [5.74, 6) is -0.687. The van der Waals surface area contributed by atoms with Gasteiger partial charge in [-0.1, -0.05) is 12.1 Å². The number of nitro benzene ring substituents is 1. The molecule has 0 aliphatic rings. The SMILES string of the molecule is COc1ccc(NC(=O)COc2ccccc2C(=O)Nc2ccc(C#N)cc2)c([N+](=O)[O-])c1. The number of nitro groups is 1. The largest absolute Gasteiger partial charge is 0.496 e. The Morgan fingerprint density at radius 3 is 2.45 bits per heavy atom. The van der Waals surface area contributed by atoms with Gasteiger partial charge in [-0.25, -0.2) is 0 Å². The van der Waals surface area contributed by atoms with Crippen LogP contribution in [0.2, 0.25) is 0 Å². The molecule has 10 nitrogen and oxygen atoms in total. The highest BCUT2D eigenvalue weighted by Gasteiger charge is 2.18. The van der Waals surface area contributed by atoms with Gasteiger partial charge in [-0.3, -0.25) is 19.7 Å². The van der Waals surface area contributed by atoms with E-state index in [0.29, 0.717) is 11.3 Å². The van der Waals surface area contributed by atoms with Crippen LogP contribution in [-0.2, 0) is 4.79 Å². The third-order valence-electron chi connectivity index (χ3n) is 4.44. The van der Waals surface area contributed by atoms with E-state index in [1.54, 1.807) is 36.4 Å². The molecule has 0 aliphatic heterocycles. The van der Waals surface area contributed by atoms with Crippen molar-refractivity contribution in [2.24, 2.45) is 0 Å². The van der Waals surface area contributed by atoms with Crippen molar-refractivity contribution in [2.75, 3.05) is 24.4 Å². The fraction of sp³-hybridized carbons (Fsp3) is 0.0870. The highest BCUT2D eigenvalue weighted by atomic mass is 16.6. The van der Waals surface area contributed by atoms with Gasteiger partial charge in [0.1, 0.15) is 17.2 Å². The van der Waals surface area contributed by atoms with Crippen molar-refractivity contribution in [1.29, 1.82) is 5.26 Å². The summed E-state index contributed by atoms with van der Waals surface area (Å²) in [7, 11) is 1.38. The van der Waals surface area contributed by atoms with Crippen LogP contribution in [0.3, 0.4) is 0 Å². The monoisotopic (exact) mass is 446 g/mol. The van der Waals surface area contributed by atoms with E-state index in [0.717, 1.165) is 0 Å². The first-order valence-electron chi connectivity index (χ1n) is 9.57. The van der Waals surface area contributed by atoms with E-state index in [2.05, 4.69) is 10.6 Å². The maximum Gasteiger partial charge on any atom is 0.296 e. The molecule has 0 spiro atoms. The van der Waals surface area contributed by atoms with Crippen LogP contribution in [0.4, 0.5) is 17.1 Å². The molecule has 3 rings (SSSR count). The van der Waals surface area contributed by atoms with Gasteiger partial charge in [-0.15, -0.1) is 0 Å². The van der Waals surface area contributed by atoms with Crippen molar-refractivity contribution in [2.45, 2.75) is 0 Å². The first-order chi connectivity index (χ1) is 15.9. The number of hydrogen-bond acceptors (Lipinski definition) is 7. The van der Waals surface area contributed by atoms with Crippen LogP contribution in [0.15, 0.2) is 66.7 Å². The predicted octanol–water partition coefficient (Wildman–Crippen LogP) is 3.74. The molecule has 0 fully saturated rings. The van der Waals surface area contributed by atoms with Gasteiger partial charge >= 0.3 is 0 Å². The number of carbonyl (C=O) groups excluding carboxylic acids is 2. The summed E-state index contributed by atoms with van der Waals surface area (Å²) in [5.41, 5.74) is 0.787. The molecule has 2 N–H and O–H groups in total. The van der Waals surface area contributed by atoms with E-state index in [1.165, 1.54) is 37.4 Å². The summed E-state index contributed by atoms with van der Waals surface area (Å²) in [4.78, 5) is 35.6. The lowest BCUT2D eigenvalue weighted by molar-refractivity contribution is -0.384. The van der Waals surface area contributed by atoms with Crippen molar-refractivity contribution >= 4 is 28.9 Å². The molecule has 0 aromatic heterocycles. The maximum absolute atomic E-state index is 12.7. The zero-order valence-corrected chi connectivity index (χ0v) is 17.4. The maximum atomic E-state index is 12.7. The van der Waals surface area contributed by atoms with Crippen molar-refractivity contribution in [3.8, 4) is 17.6 Å². The first kappa shape index (κ1) is 22.8. The lowest BCUT2D eigenvalue weighted by Gasteiger charge is -2.12. The summed E-state index contributed by atoms with van der Waals surface area (Å²) in [6, 6.07) is 18.7. The molecule has 0 atom stereocenters. The number of carbonyl (C=O) groups is 2. The Kier molecular flexibility index (Phi) is 7.18. The number of anilines is 2. The number of para-hydroxylation sites is 1. The molecule has 0 heterocycles. The van der Waals surface area contributed by atoms with Crippen LogP contribution in [-0.4, -0.2) is 30.5 Å². The topological polar surface area (TPSA) is 144 Å². The second-order valence-corrected chi connectivity index (χ2v) is 6.62. The lowest BCUT2D eigenvalue weighted by atomic mass is 10.1. The normalized spacial score (nSPS) is 9.94. The molecule has 0 unspecified atom stereocenters. The van der Waals surface area contributed by atoms with Gasteiger partial charge in [-0.2, -0.15) is 5.26 Å². The number of rotatable bonds is 8. The Morgan fingerprint density at radius 1 is 1.06 bits per heavy atom. The zero-order chi connectivity index (χ0) is 23.8. The minimum Gasteiger partial charge on any atom is -0.496 e. The molecular weight excluding hydrogens is 428 g/mol. The minimum absolute atomic E-state index is 0.0127. The quantitative estimate of drug-likeness (QED) is 0.396. The first-order valence-corrected chi connectivity index (χ1v) is 9.57. The molecule has 10 heteroatoms. The van der Waals surface area contributed by atoms with Crippen molar-refractivity contribution in [3.05, 3.63) is 88.0 Å². The van der Waals surface area contributed by atoms with Crippen molar-refractivity contribution in [1.82, 2.24) is 0 Å². The Morgan fingerprint density at radius 2 is 1.79 bits per heavy atom. The molecule has 0 aliphatic carbocycles. The van der Waals surface area contributed by atoms with Crippen LogP contribution >= 0.6 is 0 Å². The van der Waals surface area contributed by atoms with E-state index in [1.807, 2.05) is 6.07 Å². The predicted molar refractivity (Wildman–Crippen MR) is 119 cm³/mol. The fourth-order valence-electron chi connectivity index (χ4n) is 2.83. The molecule has 2 amide bonds. The van der Waals surface area contributed by atoms with Gasteiger partial charge in [0.05, 0.1) is 35.3 Å². The van der Waals surface area contributed by atoms with E-state index in [-0.39, 0.29) is 28.4 Å². The molecular formula is C23H18N4O6. The molecule has 3 aromatic carbocycles. The van der Waals surface area contributed by atoms with Gasteiger partial charge in [-0.05, 0) is 48.5 Å². The Labute approximate surface area is 188 Å². The average molecular weight is 446 g/mol. The van der Waals surface area contributed by atoms with E-state index < -0.39 is 23.3 Å². The number of hydrogen-bond donors (Lipinski definition) is 2. The Balaban J connectivity index is 1.67. The highest BCUT2D eigenvalue weighted by molar-refractivity contribution is 6.06. The third kappa shape index (κ3) is 5.83. The minimum atomic E-state index is -0.648. The van der Waals surface area contributed by atoms with E-state index >= 15 is 0 Å². The number of benzene rings is 3. The number of amides is 2. The van der Waals surface area contributed by atoms with Crippen molar-refractivity contribution < 1.29 is 24.0 Å². The van der Waals surface area contributed by atoms with Crippen LogP contribution in [0, 0.1) is 21.4 Å². The highest BCUT2D eigenvalue weighted by Crippen LogP contribution is 2.29. The van der Waals surface area contributed by atoms with Gasteiger partial charge in [0, 0.05) is 5.69 Å². The molecule has 166 valence electrons. The van der Waals surface area contributed by atoms with Crippen molar-refractivity contribution in [3.63, 3.8) is 0 Å². The van der Waals surface area contributed by atoms with Gasteiger partial charge in [0.2, 0.25) is 0 Å². The van der Waals surface area contributed by atoms with Crippen LogP contribution < -0.4 is 20.1 Å². The zero-order valence-electron chi connectivity index (χ0n) is 17.4. The molecule has 33 heavy (non-hydrogen) atoms. The van der Waals surface area contributed by atoms with E-state index in [9.17, 15) is 19.7 Å². The molecule has 0 saturated heterocycles. The van der Waals surface area contributed by atoms with Gasteiger partial charge < -0.3 is 20.1 Å². The van der Waals surface area contributed by atoms with E-state index in [4.69, 9.17) is 14.7 Å². The van der Waals surface area contributed by atoms with Crippen LogP contribution in [0.1, 0.15) is 15.9 Å². The summed E-state index contributed by atoms with van der Waals surface area (Å²) >= 11 is 0. The molecule has 0 radical (unpaired) electrons. The lowest BCUT2D eigenvalue weighted by Crippen LogP contribution is -2.22. The number of nitriles is 1. The number of nitrogens with zero attached hydrogens (tertiary/aromatic N) is 2. The molecule has 3 aromatic rings. The third-order valence-corrected chi connectivity index (χ3v) is 4.44. The fourth-order valence-corrected chi connectivity index (χ4v) is 2.83. The number of methoxy groups -OCH3 is 1. The smallest absolute Gasteiger partial charge is 0.296 e. The Hall–Kier alpha value is -4.91. The summed E-state index contributed by atoms with van der Waals surface area (Å²) < 4.78 is 10.5. The molecule has 0 saturated carbocycles. The average Bonchev–Trinajstić information content (AvgIpc) is 2.83. The molecule has 0 bridgehead atoms. The summed E-state index contributed by atoms with van der Waals surface area (Å²) in [6.07, 6.45) is 0. The van der Waals surface area contributed by atoms with Gasteiger partial charge in [0.15, 0.2) is 6.61 Å². The standard InChI is InChI=1S/C23H18N4O6/c1-32-17-10-11-19(20(12-17)27(30)31)26-22(28)14-33-21-5-3-2-4-18(21)23(29)25-16-8-6-15(13-24)7-9-16/h2-12H,14H2,1H3,(H,25,29)(H,26,28). The second kappa shape index (κ2) is 10.4. The van der Waals surface area contributed by atoms with Gasteiger partial charge in [0.25, 0.3) is 17.5 Å². The summed E-state index contributed by atoms with van der Waals surface area (Å²) in [6.45, 7) is -0.482. The van der Waals surface area contributed by atoms with Crippen LogP contribution in [0.25, 0.3) is 0 Å². The number of ether oxygens (including phenoxy) is 2. The Bertz CT molecular complexity index is 1230. The second-order valence-electron chi connectivity index (χ2n) is 6.62.